The maximum atomic E-state index is 12.7. The zero-order valence-electron chi connectivity index (χ0n) is 15.5. The molecule has 0 spiro atoms. The molecule has 2 aromatic heterocycles. The number of hydrogen-bond acceptors (Lipinski definition) is 5. The standard InChI is InChI=1S/C21H16ClN3O3S2/c22-15-8-10-17(11-9-15)30(27,28)24-18-5-1-2-6-19(18)29-14-16-13-21(26)25-12-4-3-7-20(25)23-16/h1-13,24H,14H2. The highest BCUT2D eigenvalue weighted by Gasteiger charge is 2.16. The number of fused-ring (bicyclic) bond motifs is 1. The van der Waals surface area contributed by atoms with Crippen molar-refractivity contribution >= 4 is 44.7 Å². The highest BCUT2D eigenvalue weighted by Crippen LogP contribution is 2.31. The summed E-state index contributed by atoms with van der Waals surface area (Å²) in [5.74, 6) is 0.417. The molecule has 1 N–H and O–H groups in total. The molecule has 0 aliphatic heterocycles. The molecular weight excluding hydrogens is 442 g/mol. The number of anilines is 1. The fourth-order valence-electron chi connectivity index (χ4n) is 2.82. The van der Waals surface area contributed by atoms with Crippen molar-refractivity contribution in [3.05, 3.63) is 100 Å². The summed E-state index contributed by atoms with van der Waals surface area (Å²) in [6, 6.07) is 19.9. The summed E-state index contributed by atoms with van der Waals surface area (Å²) in [5.41, 5.74) is 1.48. The maximum Gasteiger partial charge on any atom is 0.261 e. The minimum absolute atomic E-state index is 0.121. The molecule has 9 heteroatoms. The number of nitrogens with zero attached hydrogens (tertiary/aromatic N) is 2. The van der Waals surface area contributed by atoms with Gasteiger partial charge in [-0.15, -0.1) is 11.8 Å². The zero-order valence-corrected chi connectivity index (χ0v) is 17.9. The summed E-state index contributed by atoms with van der Waals surface area (Å²) in [4.78, 5) is 17.6. The lowest BCUT2D eigenvalue weighted by molar-refractivity contribution is 0.601. The number of benzene rings is 2. The minimum Gasteiger partial charge on any atom is -0.278 e. The number of pyridine rings is 1. The zero-order chi connectivity index (χ0) is 21.1. The molecule has 4 rings (SSSR count). The fourth-order valence-corrected chi connectivity index (χ4v) is 4.99. The van der Waals surface area contributed by atoms with Gasteiger partial charge in [-0.05, 0) is 48.5 Å². The highest BCUT2D eigenvalue weighted by atomic mass is 35.5. The van der Waals surface area contributed by atoms with Crippen LogP contribution in [0.15, 0.2) is 93.6 Å². The Balaban J connectivity index is 1.57. The van der Waals surface area contributed by atoms with E-state index in [-0.39, 0.29) is 10.5 Å². The van der Waals surface area contributed by atoms with Gasteiger partial charge in [0.1, 0.15) is 5.65 Å². The minimum atomic E-state index is -3.76. The lowest BCUT2D eigenvalue weighted by Gasteiger charge is -2.12. The van der Waals surface area contributed by atoms with Gasteiger partial charge in [-0.1, -0.05) is 29.8 Å². The van der Waals surface area contributed by atoms with E-state index in [1.54, 1.807) is 30.5 Å². The lowest BCUT2D eigenvalue weighted by atomic mass is 10.3. The highest BCUT2D eigenvalue weighted by molar-refractivity contribution is 7.98. The monoisotopic (exact) mass is 457 g/mol. The van der Waals surface area contributed by atoms with E-state index in [1.165, 1.54) is 46.5 Å². The normalized spacial score (nSPS) is 11.5. The molecular formula is C21H16ClN3O3S2. The quantitative estimate of drug-likeness (QED) is 0.433. The molecule has 0 saturated heterocycles. The van der Waals surface area contributed by atoms with Gasteiger partial charge < -0.3 is 0 Å². The van der Waals surface area contributed by atoms with Crippen LogP contribution in [-0.4, -0.2) is 17.8 Å². The van der Waals surface area contributed by atoms with Crippen LogP contribution in [0.4, 0.5) is 5.69 Å². The third-order valence-corrected chi connectivity index (χ3v) is 7.00. The van der Waals surface area contributed by atoms with Gasteiger partial charge >= 0.3 is 0 Å². The van der Waals surface area contributed by atoms with Crippen LogP contribution in [0, 0.1) is 0 Å². The van der Waals surface area contributed by atoms with Gasteiger partial charge in [0.2, 0.25) is 0 Å². The summed E-state index contributed by atoms with van der Waals surface area (Å²) in [5, 5.41) is 0.462. The van der Waals surface area contributed by atoms with E-state index in [1.807, 2.05) is 18.2 Å². The van der Waals surface area contributed by atoms with Gasteiger partial charge in [0.05, 0.1) is 16.3 Å². The average molecular weight is 458 g/mol. The van der Waals surface area contributed by atoms with Crippen molar-refractivity contribution in [2.75, 3.05) is 4.72 Å². The molecule has 4 aromatic rings. The van der Waals surface area contributed by atoms with Crippen LogP contribution < -0.4 is 10.3 Å². The van der Waals surface area contributed by atoms with Crippen LogP contribution in [0.5, 0.6) is 0 Å². The van der Waals surface area contributed by atoms with Crippen molar-refractivity contribution in [3.8, 4) is 0 Å². The number of nitrogens with one attached hydrogen (secondary N) is 1. The summed E-state index contributed by atoms with van der Waals surface area (Å²) in [6.07, 6.45) is 1.67. The van der Waals surface area contributed by atoms with Crippen LogP contribution in [-0.2, 0) is 15.8 Å². The van der Waals surface area contributed by atoms with E-state index in [2.05, 4.69) is 9.71 Å². The SMILES string of the molecule is O=c1cc(CSc2ccccc2NS(=O)(=O)c2ccc(Cl)cc2)nc2ccccn12. The number of thioether (sulfide) groups is 1. The lowest BCUT2D eigenvalue weighted by Crippen LogP contribution is -2.15. The van der Waals surface area contributed by atoms with Crippen molar-refractivity contribution in [2.45, 2.75) is 15.5 Å². The van der Waals surface area contributed by atoms with E-state index in [4.69, 9.17) is 11.6 Å². The number of halogens is 1. The Morgan fingerprint density at radius 1 is 1.00 bits per heavy atom. The Kier molecular flexibility index (Phi) is 5.80. The van der Waals surface area contributed by atoms with Crippen molar-refractivity contribution in [1.82, 2.24) is 9.38 Å². The van der Waals surface area contributed by atoms with Crippen LogP contribution in [0.3, 0.4) is 0 Å². The number of rotatable bonds is 6. The molecule has 0 saturated carbocycles. The summed E-state index contributed by atoms with van der Waals surface area (Å²) >= 11 is 7.24. The third kappa shape index (κ3) is 4.51. The number of aromatic nitrogens is 2. The van der Waals surface area contributed by atoms with Crippen LogP contribution in [0.1, 0.15) is 5.69 Å². The molecule has 0 fully saturated rings. The molecule has 0 aliphatic rings. The maximum absolute atomic E-state index is 12.7. The summed E-state index contributed by atoms with van der Waals surface area (Å²) in [7, 11) is -3.76. The average Bonchev–Trinajstić information content (AvgIpc) is 2.73. The van der Waals surface area contributed by atoms with Crippen molar-refractivity contribution < 1.29 is 8.42 Å². The summed E-state index contributed by atoms with van der Waals surface area (Å²) < 4.78 is 29.5. The first-order valence-electron chi connectivity index (χ1n) is 8.90. The van der Waals surface area contributed by atoms with Crippen LogP contribution in [0.2, 0.25) is 5.02 Å². The van der Waals surface area contributed by atoms with Gasteiger partial charge in [-0.2, -0.15) is 0 Å². The molecule has 0 unspecified atom stereocenters. The predicted molar refractivity (Wildman–Crippen MR) is 120 cm³/mol. The first kappa shape index (κ1) is 20.5. The van der Waals surface area contributed by atoms with Crippen molar-refractivity contribution in [3.63, 3.8) is 0 Å². The van der Waals surface area contributed by atoms with E-state index < -0.39 is 10.0 Å². The largest absolute Gasteiger partial charge is 0.278 e. The van der Waals surface area contributed by atoms with E-state index in [9.17, 15) is 13.2 Å². The first-order valence-corrected chi connectivity index (χ1v) is 11.7. The van der Waals surface area contributed by atoms with Crippen LogP contribution >= 0.6 is 23.4 Å². The molecule has 0 atom stereocenters. The Labute approximate surface area is 182 Å². The molecule has 0 amide bonds. The molecule has 0 radical (unpaired) electrons. The Morgan fingerprint density at radius 3 is 2.53 bits per heavy atom. The van der Waals surface area contributed by atoms with E-state index in [0.717, 1.165) is 4.90 Å². The van der Waals surface area contributed by atoms with Crippen LogP contribution in [0.25, 0.3) is 5.65 Å². The molecule has 30 heavy (non-hydrogen) atoms. The van der Waals surface area contributed by atoms with E-state index in [0.29, 0.717) is 27.8 Å². The Morgan fingerprint density at radius 2 is 1.73 bits per heavy atom. The Bertz CT molecular complexity index is 1370. The Hall–Kier alpha value is -2.81. The molecule has 6 nitrogen and oxygen atoms in total. The molecule has 2 heterocycles. The second-order valence-electron chi connectivity index (χ2n) is 6.36. The molecule has 0 bridgehead atoms. The molecule has 0 aliphatic carbocycles. The number of hydrogen-bond donors (Lipinski definition) is 1. The van der Waals surface area contributed by atoms with Crippen molar-refractivity contribution in [1.29, 1.82) is 0 Å². The topological polar surface area (TPSA) is 80.5 Å². The van der Waals surface area contributed by atoms with Gasteiger partial charge in [0, 0.05) is 27.9 Å². The summed E-state index contributed by atoms with van der Waals surface area (Å²) in [6.45, 7) is 0. The van der Waals surface area contributed by atoms with E-state index >= 15 is 0 Å². The van der Waals surface area contributed by atoms with Gasteiger partial charge in [-0.25, -0.2) is 13.4 Å². The molecule has 152 valence electrons. The number of para-hydroxylation sites is 1. The smallest absolute Gasteiger partial charge is 0.261 e. The second kappa shape index (κ2) is 8.51. The van der Waals surface area contributed by atoms with Gasteiger partial charge in [0.15, 0.2) is 0 Å². The first-order chi connectivity index (χ1) is 14.4. The second-order valence-corrected chi connectivity index (χ2v) is 9.49. The van der Waals surface area contributed by atoms with Crippen molar-refractivity contribution in [2.24, 2.45) is 0 Å². The van der Waals surface area contributed by atoms with Gasteiger partial charge in [0.25, 0.3) is 15.6 Å². The predicted octanol–water partition coefficient (Wildman–Crippen LogP) is 4.44. The fraction of sp³-hybridized carbons (Fsp3) is 0.0476. The van der Waals surface area contributed by atoms with Gasteiger partial charge in [-0.3, -0.25) is 13.9 Å². The molecule has 2 aromatic carbocycles. The third-order valence-electron chi connectivity index (χ3n) is 4.25. The number of sulfonamides is 1.